The fraction of sp³-hybridized carbons (Fsp3) is 0.182. The van der Waals surface area contributed by atoms with Gasteiger partial charge in [0.05, 0.1) is 11.9 Å². The van der Waals surface area contributed by atoms with Crippen LogP contribution in [0, 0.1) is 4.91 Å². The minimum Gasteiger partial charge on any atom is -0.340 e. The van der Waals surface area contributed by atoms with Crippen molar-refractivity contribution in [2.75, 3.05) is 5.32 Å². The number of imidazole rings is 1. The second kappa shape index (κ2) is 6.88. The van der Waals surface area contributed by atoms with Crippen LogP contribution in [0.2, 0.25) is 0 Å². The van der Waals surface area contributed by atoms with Crippen molar-refractivity contribution in [1.29, 1.82) is 0 Å². The van der Waals surface area contributed by atoms with E-state index in [1.54, 1.807) is 12.4 Å². The first-order chi connectivity index (χ1) is 13.8. The molecule has 28 heavy (non-hydrogen) atoms. The Bertz CT molecular complexity index is 1150. The van der Waals surface area contributed by atoms with Gasteiger partial charge in [-0.3, -0.25) is 9.38 Å². The molecule has 1 atom stereocenters. The number of aryl methyl sites for hydroxylation is 1. The molecule has 1 aliphatic rings. The van der Waals surface area contributed by atoms with Gasteiger partial charge in [-0.05, 0) is 41.7 Å². The van der Waals surface area contributed by atoms with E-state index >= 15 is 0 Å². The van der Waals surface area contributed by atoms with Crippen molar-refractivity contribution in [3.63, 3.8) is 0 Å². The van der Waals surface area contributed by atoms with E-state index in [0.717, 1.165) is 47.7 Å². The van der Waals surface area contributed by atoms with Crippen molar-refractivity contribution >= 4 is 17.2 Å². The van der Waals surface area contributed by atoms with Crippen molar-refractivity contribution in [2.24, 2.45) is 5.18 Å². The molecule has 0 aliphatic heterocycles. The number of fused-ring (bicyclic) bond motifs is 2. The van der Waals surface area contributed by atoms with Crippen LogP contribution in [-0.2, 0) is 12.8 Å². The Morgan fingerprint density at radius 1 is 1.18 bits per heavy atom. The summed E-state index contributed by atoms with van der Waals surface area (Å²) in [6, 6.07) is 16.2. The highest BCUT2D eigenvalue weighted by atomic mass is 16.3. The lowest BCUT2D eigenvalue weighted by Gasteiger charge is -2.11. The average molecular weight is 369 g/mol. The molecular weight excluding hydrogens is 350 g/mol. The zero-order valence-corrected chi connectivity index (χ0v) is 15.2. The summed E-state index contributed by atoms with van der Waals surface area (Å²) in [5.74, 6) is 0.935. The van der Waals surface area contributed by atoms with Gasteiger partial charge in [0.15, 0.2) is 5.65 Å². The van der Waals surface area contributed by atoms with Crippen LogP contribution in [0.25, 0.3) is 5.65 Å². The third-order valence-electron chi connectivity index (χ3n) is 5.30. The first-order valence-electron chi connectivity index (χ1n) is 9.39. The van der Waals surface area contributed by atoms with Crippen LogP contribution < -0.4 is 5.32 Å². The maximum Gasteiger partial charge on any atom is 0.157 e. The Kier molecular flexibility index (Phi) is 4.09. The van der Waals surface area contributed by atoms with E-state index in [-0.39, 0.29) is 6.04 Å². The highest BCUT2D eigenvalue weighted by Gasteiger charge is 2.23. The lowest BCUT2D eigenvalue weighted by atomic mass is 10.1. The number of anilines is 2. The summed E-state index contributed by atoms with van der Waals surface area (Å²) < 4.78 is 2.02. The molecule has 2 heterocycles. The molecule has 0 radical (unpaired) electrons. The summed E-state index contributed by atoms with van der Waals surface area (Å²) in [5.41, 5.74) is 6.20. The normalized spacial score (nSPS) is 15.5. The summed E-state index contributed by atoms with van der Waals surface area (Å²) in [7, 11) is 0. The van der Waals surface area contributed by atoms with Crippen molar-refractivity contribution in [1.82, 2.24) is 14.4 Å². The molecular formula is C22H19N5O. The quantitative estimate of drug-likeness (QED) is 0.512. The van der Waals surface area contributed by atoms with Crippen molar-refractivity contribution < 1.29 is 0 Å². The van der Waals surface area contributed by atoms with Gasteiger partial charge in [0, 0.05) is 24.5 Å². The van der Waals surface area contributed by atoms with Gasteiger partial charge in [-0.2, -0.15) is 4.91 Å². The molecule has 1 aliphatic carbocycles. The van der Waals surface area contributed by atoms with E-state index in [1.807, 2.05) is 40.9 Å². The van der Waals surface area contributed by atoms with Gasteiger partial charge in [-0.15, -0.1) is 0 Å². The van der Waals surface area contributed by atoms with Gasteiger partial charge < -0.3 is 5.32 Å². The maximum atomic E-state index is 11.0. The van der Waals surface area contributed by atoms with E-state index in [9.17, 15) is 4.91 Å². The van der Waals surface area contributed by atoms with Crippen LogP contribution >= 0.6 is 0 Å². The van der Waals surface area contributed by atoms with Crippen LogP contribution in [-0.4, -0.2) is 14.4 Å². The summed E-state index contributed by atoms with van der Waals surface area (Å²) in [4.78, 5) is 20.0. The number of hydrogen-bond acceptors (Lipinski definition) is 5. The number of rotatable bonds is 5. The topological polar surface area (TPSA) is 71.7 Å². The Hall–Kier alpha value is -3.54. The third kappa shape index (κ3) is 2.93. The maximum absolute atomic E-state index is 11.0. The monoisotopic (exact) mass is 369 g/mol. The fourth-order valence-electron chi connectivity index (χ4n) is 3.92. The van der Waals surface area contributed by atoms with Crippen LogP contribution in [0.15, 0.2) is 72.3 Å². The fourth-order valence-corrected chi connectivity index (χ4v) is 3.92. The third-order valence-corrected chi connectivity index (χ3v) is 5.30. The standard InChI is InChI=1S/C22H19N5O/c28-26-19-9-6-16-13-17(7-8-18(16)19)24-22-20(12-15-4-2-1-3-5-15)25-21-14-23-10-11-27(21)22/h1-5,7-8,10-11,13-14,19,24H,6,9,12H2. The first kappa shape index (κ1) is 16.6. The Labute approximate surface area is 162 Å². The molecule has 0 spiro atoms. The molecule has 6 nitrogen and oxygen atoms in total. The summed E-state index contributed by atoms with van der Waals surface area (Å²) in [6.45, 7) is 0. The molecule has 1 unspecified atom stereocenters. The molecule has 0 saturated carbocycles. The van der Waals surface area contributed by atoms with E-state index < -0.39 is 0 Å². The van der Waals surface area contributed by atoms with E-state index in [1.165, 1.54) is 11.1 Å². The number of aromatic nitrogens is 3. The van der Waals surface area contributed by atoms with Crippen LogP contribution in [0.4, 0.5) is 11.5 Å². The van der Waals surface area contributed by atoms with Crippen molar-refractivity contribution in [3.8, 4) is 0 Å². The van der Waals surface area contributed by atoms with E-state index in [4.69, 9.17) is 4.98 Å². The molecule has 0 saturated heterocycles. The molecule has 4 aromatic rings. The molecule has 138 valence electrons. The second-order valence-electron chi connectivity index (χ2n) is 7.07. The van der Waals surface area contributed by atoms with Gasteiger partial charge >= 0.3 is 0 Å². The molecule has 2 aromatic carbocycles. The summed E-state index contributed by atoms with van der Waals surface area (Å²) >= 11 is 0. The van der Waals surface area contributed by atoms with Gasteiger partial charge in [0.2, 0.25) is 0 Å². The molecule has 6 heteroatoms. The van der Waals surface area contributed by atoms with Gasteiger partial charge in [0.25, 0.3) is 0 Å². The van der Waals surface area contributed by atoms with Gasteiger partial charge in [-0.1, -0.05) is 41.6 Å². The Morgan fingerprint density at radius 2 is 2.07 bits per heavy atom. The van der Waals surface area contributed by atoms with Gasteiger partial charge in [-0.25, -0.2) is 4.98 Å². The largest absolute Gasteiger partial charge is 0.340 e. The molecule has 2 aromatic heterocycles. The van der Waals surface area contributed by atoms with E-state index in [0.29, 0.717) is 0 Å². The summed E-state index contributed by atoms with van der Waals surface area (Å²) in [5, 5.41) is 6.79. The highest BCUT2D eigenvalue weighted by molar-refractivity contribution is 5.65. The van der Waals surface area contributed by atoms with Gasteiger partial charge in [0.1, 0.15) is 11.9 Å². The molecule has 0 fully saturated rings. The lowest BCUT2D eigenvalue weighted by molar-refractivity contribution is 0.710. The van der Waals surface area contributed by atoms with Crippen LogP contribution in [0.1, 0.15) is 34.8 Å². The Balaban J connectivity index is 1.53. The second-order valence-corrected chi connectivity index (χ2v) is 7.07. The van der Waals surface area contributed by atoms with Crippen LogP contribution in [0.3, 0.4) is 0 Å². The predicted octanol–water partition coefficient (Wildman–Crippen LogP) is 4.82. The molecule has 0 bridgehead atoms. The zero-order valence-electron chi connectivity index (χ0n) is 15.2. The number of nitrogens with zero attached hydrogens (tertiary/aromatic N) is 4. The number of benzene rings is 2. The molecule has 5 rings (SSSR count). The first-order valence-corrected chi connectivity index (χ1v) is 9.39. The minimum absolute atomic E-state index is 0.209. The van der Waals surface area contributed by atoms with Crippen molar-refractivity contribution in [3.05, 3.63) is 94.4 Å². The number of hydrogen-bond donors (Lipinski definition) is 1. The van der Waals surface area contributed by atoms with E-state index in [2.05, 4.69) is 33.7 Å². The molecule has 1 N–H and O–H groups in total. The predicted molar refractivity (Wildman–Crippen MR) is 109 cm³/mol. The Morgan fingerprint density at radius 3 is 2.93 bits per heavy atom. The van der Waals surface area contributed by atoms with Crippen LogP contribution in [0.5, 0.6) is 0 Å². The SMILES string of the molecule is O=NC1CCc2cc(Nc3c(Cc4ccccc4)nc4cnccn34)ccc21. The smallest absolute Gasteiger partial charge is 0.157 e. The minimum atomic E-state index is -0.209. The number of nitrogens with one attached hydrogen (secondary N) is 1. The van der Waals surface area contributed by atoms with Crippen molar-refractivity contribution in [2.45, 2.75) is 25.3 Å². The zero-order chi connectivity index (χ0) is 18.9. The molecule has 0 amide bonds. The number of nitroso groups, excluding NO2 is 1. The lowest BCUT2D eigenvalue weighted by Crippen LogP contribution is -2.00. The highest BCUT2D eigenvalue weighted by Crippen LogP contribution is 2.36. The average Bonchev–Trinajstić information content (AvgIpc) is 3.30. The summed E-state index contributed by atoms with van der Waals surface area (Å²) in [6.07, 6.45) is 7.85.